The highest BCUT2D eigenvalue weighted by atomic mass is 32.2. The summed E-state index contributed by atoms with van der Waals surface area (Å²) in [7, 11) is -2.58. The van der Waals surface area contributed by atoms with Crippen molar-refractivity contribution in [3.8, 4) is 0 Å². The SMILES string of the molecule is NC(=O)/C(S)=C/c1ccc2ncc(CN3CCC(Nc4cccc([SH](=O)=O)c4)CC3)n2c1. The highest BCUT2D eigenvalue weighted by Gasteiger charge is 2.20. The molecule has 168 valence electrons. The smallest absolute Gasteiger partial charge is 0.254 e. The maximum absolute atomic E-state index is 11.3. The van der Waals surface area contributed by atoms with E-state index in [0.717, 1.165) is 55.1 Å². The Hall–Kier alpha value is -2.82. The first kappa shape index (κ1) is 22.4. The Morgan fingerprint density at radius 2 is 2.03 bits per heavy atom. The summed E-state index contributed by atoms with van der Waals surface area (Å²) in [5.41, 5.74) is 8.83. The number of carbonyl (C=O) groups is 1. The minimum absolute atomic E-state index is 0.202. The largest absolute Gasteiger partial charge is 0.382 e. The highest BCUT2D eigenvalue weighted by molar-refractivity contribution is 7.85. The van der Waals surface area contributed by atoms with Crippen LogP contribution in [0.15, 0.2) is 58.6 Å². The summed E-state index contributed by atoms with van der Waals surface area (Å²) < 4.78 is 24.4. The van der Waals surface area contributed by atoms with E-state index in [1.165, 1.54) is 0 Å². The standard InChI is InChI=1S/C22H25N5O3S2/c23-22(28)20(31)10-15-4-5-21-24-12-18(27(21)13-15)14-26-8-6-16(7-9-26)25-17-2-1-3-19(11-17)32(29)30/h1-5,10-13,16,25,31-32H,6-9,14H2,(H2,23,28)/b20-10-. The number of rotatable bonds is 7. The van der Waals surface area contributed by atoms with Crippen molar-refractivity contribution in [1.29, 1.82) is 0 Å². The zero-order chi connectivity index (χ0) is 22.7. The third-order valence-electron chi connectivity index (χ3n) is 5.56. The molecule has 0 unspecified atom stereocenters. The van der Waals surface area contributed by atoms with Crippen LogP contribution < -0.4 is 11.1 Å². The Labute approximate surface area is 193 Å². The summed E-state index contributed by atoms with van der Waals surface area (Å²) in [4.78, 5) is 18.6. The molecule has 0 atom stereocenters. The summed E-state index contributed by atoms with van der Waals surface area (Å²) in [5, 5.41) is 3.46. The number of carbonyl (C=O) groups excluding carboxylic acids is 1. The lowest BCUT2D eigenvalue weighted by molar-refractivity contribution is -0.113. The number of piperidine rings is 1. The summed E-state index contributed by atoms with van der Waals surface area (Å²) >= 11 is 4.12. The number of imidazole rings is 1. The lowest BCUT2D eigenvalue weighted by Crippen LogP contribution is -2.38. The fraction of sp³-hybridized carbons (Fsp3) is 0.273. The molecule has 1 fully saturated rings. The second kappa shape index (κ2) is 9.76. The van der Waals surface area contributed by atoms with Gasteiger partial charge in [0.15, 0.2) is 10.7 Å². The van der Waals surface area contributed by atoms with Crippen LogP contribution in [0, 0.1) is 0 Å². The zero-order valence-electron chi connectivity index (χ0n) is 17.3. The molecular formula is C22H25N5O3S2. The monoisotopic (exact) mass is 471 g/mol. The Morgan fingerprint density at radius 3 is 2.75 bits per heavy atom. The van der Waals surface area contributed by atoms with Gasteiger partial charge in [0.1, 0.15) is 5.65 Å². The van der Waals surface area contributed by atoms with Crippen LogP contribution in [0.25, 0.3) is 11.7 Å². The van der Waals surface area contributed by atoms with Gasteiger partial charge in [-0.3, -0.25) is 9.69 Å². The molecule has 0 radical (unpaired) electrons. The van der Waals surface area contributed by atoms with Crippen molar-refractivity contribution in [2.75, 3.05) is 18.4 Å². The molecule has 1 saturated heterocycles. The second-order valence-electron chi connectivity index (χ2n) is 7.84. The van der Waals surface area contributed by atoms with Crippen molar-refractivity contribution in [1.82, 2.24) is 14.3 Å². The molecule has 8 nitrogen and oxygen atoms in total. The Morgan fingerprint density at radius 1 is 1.25 bits per heavy atom. The van der Waals surface area contributed by atoms with Crippen molar-refractivity contribution in [3.63, 3.8) is 0 Å². The number of hydrogen-bond donors (Lipinski definition) is 4. The van der Waals surface area contributed by atoms with Gasteiger partial charge in [-0.2, -0.15) is 0 Å². The van der Waals surface area contributed by atoms with Gasteiger partial charge in [0, 0.05) is 37.6 Å². The van der Waals surface area contributed by atoms with E-state index in [2.05, 4.69) is 27.8 Å². The molecule has 3 N–H and O–H groups in total. The number of benzene rings is 1. The molecule has 0 aliphatic carbocycles. The number of amides is 1. The van der Waals surface area contributed by atoms with Crippen molar-refractivity contribution < 1.29 is 13.2 Å². The molecule has 3 aromatic rings. The average Bonchev–Trinajstić information content (AvgIpc) is 3.17. The highest BCUT2D eigenvalue weighted by Crippen LogP contribution is 2.20. The van der Waals surface area contributed by atoms with Crippen LogP contribution in [0.1, 0.15) is 24.1 Å². The van der Waals surface area contributed by atoms with Crippen LogP contribution in [0.2, 0.25) is 0 Å². The second-order valence-corrected chi connectivity index (χ2v) is 9.35. The molecule has 2 aromatic heterocycles. The van der Waals surface area contributed by atoms with Crippen LogP contribution in [-0.2, 0) is 22.0 Å². The van der Waals surface area contributed by atoms with Crippen molar-refractivity contribution >= 4 is 46.7 Å². The molecule has 1 amide bonds. The van der Waals surface area contributed by atoms with Gasteiger partial charge in [-0.05, 0) is 54.8 Å². The van der Waals surface area contributed by atoms with Crippen molar-refractivity contribution in [2.45, 2.75) is 30.3 Å². The molecule has 0 saturated carbocycles. The molecule has 1 aliphatic rings. The van der Waals surface area contributed by atoms with Crippen LogP contribution in [-0.4, -0.2) is 47.7 Å². The molecule has 0 bridgehead atoms. The molecule has 1 aromatic carbocycles. The number of anilines is 1. The van der Waals surface area contributed by atoms with Gasteiger partial charge >= 0.3 is 0 Å². The molecule has 32 heavy (non-hydrogen) atoms. The molecule has 1 aliphatic heterocycles. The number of fused-ring (bicyclic) bond motifs is 1. The number of likely N-dealkylation sites (tertiary alicyclic amines) is 1. The van der Waals surface area contributed by atoms with Gasteiger partial charge in [0.2, 0.25) is 0 Å². The summed E-state index contributed by atoms with van der Waals surface area (Å²) in [6.45, 7) is 2.60. The van der Waals surface area contributed by atoms with E-state index in [1.807, 2.05) is 35.0 Å². The topological polar surface area (TPSA) is 110 Å². The quantitative estimate of drug-likeness (QED) is 0.311. The van der Waals surface area contributed by atoms with Gasteiger partial charge in [0.05, 0.1) is 21.7 Å². The van der Waals surface area contributed by atoms with Crippen LogP contribution in [0.5, 0.6) is 0 Å². The third kappa shape index (κ3) is 5.32. The predicted octanol–water partition coefficient (Wildman–Crippen LogP) is 2.14. The Kier molecular flexibility index (Phi) is 6.83. The number of thiol groups is 2. The van der Waals surface area contributed by atoms with Gasteiger partial charge < -0.3 is 15.5 Å². The molecular weight excluding hydrogens is 446 g/mol. The number of hydrogen-bond acceptors (Lipinski definition) is 7. The minimum atomic E-state index is -2.58. The Bertz CT molecular complexity index is 1240. The fourth-order valence-corrected chi connectivity index (χ4v) is 4.49. The first-order chi connectivity index (χ1) is 15.4. The van der Waals surface area contributed by atoms with Gasteiger partial charge in [-0.1, -0.05) is 6.07 Å². The maximum atomic E-state index is 11.3. The lowest BCUT2D eigenvalue weighted by atomic mass is 10.0. The van der Waals surface area contributed by atoms with Crippen molar-refractivity contribution in [2.24, 2.45) is 5.73 Å². The van der Waals surface area contributed by atoms with Gasteiger partial charge in [-0.15, -0.1) is 12.6 Å². The number of nitrogens with one attached hydrogen (secondary N) is 1. The van der Waals surface area contributed by atoms with E-state index < -0.39 is 16.6 Å². The van der Waals surface area contributed by atoms with Crippen LogP contribution >= 0.6 is 12.6 Å². The first-order valence-electron chi connectivity index (χ1n) is 10.3. The Balaban J connectivity index is 1.39. The van der Waals surface area contributed by atoms with E-state index in [1.54, 1.807) is 24.3 Å². The molecule has 3 heterocycles. The number of nitrogens with two attached hydrogens (primary N) is 1. The summed E-state index contributed by atoms with van der Waals surface area (Å²) in [5.74, 6) is -0.565. The minimum Gasteiger partial charge on any atom is -0.382 e. The van der Waals surface area contributed by atoms with Crippen LogP contribution in [0.4, 0.5) is 5.69 Å². The molecule has 0 spiro atoms. The van der Waals surface area contributed by atoms with Gasteiger partial charge in [0.25, 0.3) is 5.91 Å². The average molecular weight is 472 g/mol. The zero-order valence-corrected chi connectivity index (χ0v) is 19.1. The van der Waals surface area contributed by atoms with E-state index >= 15 is 0 Å². The summed E-state index contributed by atoms with van der Waals surface area (Å²) in [6.07, 6.45) is 7.36. The molecule has 10 heteroatoms. The predicted molar refractivity (Wildman–Crippen MR) is 128 cm³/mol. The van der Waals surface area contributed by atoms with Gasteiger partial charge in [-0.25, -0.2) is 13.4 Å². The van der Waals surface area contributed by atoms with E-state index in [4.69, 9.17) is 5.73 Å². The third-order valence-corrected chi connectivity index (χ3v) is 6.61. The normalized spacial score (nSPS) is 16.0. The first-order valence-corrected chi connectivity index (χ1v) is 11.9. The number of primary amides is 1. The van der Waals surface area contributed by atoms with E-state index in [0.29, 0.717) is 10.9 Å². The maximum Gasteiger partial charge on any atom is 0.254 e. The summed E-state index contributed by atoms with van der Waals surface area (Å²) in [6, 6.07) is 11.0. The van der Waals surface area contributed by atoms with Crippen molar-refractivity contribution in [3.05, 3.63) is 65.0 Å². The number of nitrogens with zero attached hydrogens (tertiary/aromatic N) is 3. The van der Waals surface area contributed by atoms with Crippen LogP contribution in [0.3, 0.4) is 0 Å². The van der Waals surface area contributed by atoms with E-state index in [9.17, 15) is 13.2 Å². The fourth-order valence-electron chi connectivity index (χ4n) is 3.89. The molecule has 4 rings (SSSR count). The number of pyridine rings is 1. The lowest BCUT2D eigenvalue weighted by Gasteiger charge is -2.32. The van der Waals surface area contributed by atoms with E-state index in [-0.39, 0.29) is 4.91 Å². The number of aromatic nitrogens is 2.